The van der Waals surface area contributed by atoms with Gasteiger partial charge in [0.1, 0.15) is 0 Å². The molecular weight excluding hydrogens is 155 g/mol. The average molecular weight is 172 g/mol. The van der Waals surface area contributed by atoms with Crippen molar-refractivity contribution in [2.24, 2.45) is 0 Å². The SMILES string of the molecule is [B]C(C)(CC)CCc1ccccc1. The van der Waals surface area contributed by atoms with Crippen molar-refractivity contribution in [3.63, 3.8) is 0 Å². The third-order valence-corrected chi connectivity index (χ3v) is 2.64. The zero-order valence-corrected chi connectivity index (χ0v) is 8.59. The normalized spacial score (nSPS) is 15.2. The van der Waals surface area contributed by atoms with Crippen LogP contribution in [-0.2, 0) is 6.42 Å². The molecule has 1 atom stereocenters. The molecule has 0 spiro atoms. The minimum atomic E-state index is -0.00413. The van der Waals surface area contributed by atoms with Crippen LogP contribution in [0.15, 0.2) is 30.3 Å². The first-order valence-electron chi connectivity index (χ1n) is 4.97. The molecule has 0 aliphatic carbocycles. The monoisotopic (exact) mass is 172 g/mol. The highest BCUT2D eigenvalue weighted by Gasteiger charge is 2.13. The van der Waals surface area contributed by atoms with Gasteiger partial charge in [0.05, 0.1) is 7.85 Å². The fourth-order valence-corrected chi connectivity index (χ4v) is 1.25. The Balaban J connectivity index is 2.44. The van der Waals surface area contributed by atoms with Crippen LogP contribution in [0.25, 0.3) is 0 Å². The molecule has 1 aromatic carbocycles. The molecule has 2 radical (unpaired) electrons. The minimum absolute atomic E-state index is 0.00413. The fraction of sp³-hybridized carbons (Fsp3) is 0.500. The van der Waals surface area contributed by atoms with Crippen molar-refractivity contribution in [3.8, 4) is 0 Å². The van der Waals surface area contributed by atoms with Gasteiger partial charge >= 0.3 is 0 Å². The van der Waals surface area contributed by atoms with Gasteiger partial charge < -0.3 is 0 Å². The van der Waals surface area contributed by atoms with Crippen molar-refractivity contribution in [3.05, 3.63) is 35.9 Å². The van der Waals surface area contributed by atoms with Gasteiger partial charge in [0.25, 0.3) is 0 Å². The lowest BCUT2D eigenvalue weighted by Crippen LogP contribution is -2.07. The molecule has 0 amide bonds. The molecule has 0 nitrogen and oxygen atoms in total. The van der Waals surface area contributed by atoms with Crippen LogP contribution in [0.5, 0.6) is 0 Å². The highest BCUT2D eigenvalue weighted by Crippen LogP contribution is 2.30. The summed E-state index contributed by atoms with van der Waals surface area (Å²) in [5, 5.41) is -0.00413. The Bertz CT molecular complexity index is 239. The van der Waals surface area contributed by atoms with Crippen LogP contribution in [0, 0.1) is 0 Å². The van der Waals surface area contributed by atoms with Gasteiger partial charge in [-0.3, -0.25) is 0 Å². The first kappa shape index (κ1) is 10.4. The Morgan fingerprint density at radius 3 is 2.38 bits per heavy atom. The summed E-state index contributed by atoms with van der Waals surface area (Å²) in [6, 6.07) is 10.5. The van der Waals surface area contributed by atoms with Crippen molar-refractivity contribution >= 4 is 7.85 Å². The number of benzene rings is 1. The van der Waals surface area contributed by atoms with Crippen LogP contribution < -0.4 is 0 Å². The van der Waals surface area contributed by atoms with Gasteiger partial charge in [-0.1, -0.05) is 62.3 Å². The molecular formula is C12H17B. The number of aryl methyl sites for hydroxylation is 1. The average Bonchev–Trinajstić information content (AvgIpc) is 2.17. The molecule has 0 saturated carbocycles. The smallest absolute Gasteiger partial charge is 0.0688 e. The maximum atomic E-state index is 6.06. The second-order valence-electron chi connectivity index (χ2n) is 3.99. The molecule has 0 heterocycles. The molecule has 1 unspecified atom stereocenters. The summed E-state index contributed by atoms with van der Waals surface area (Å²) in [6.07, 6.45) is 3.19. The van der Waals surface area contributed by atoms with Crippen molar-refractivity contribution in [2.45, 2.75) is 38.4 Å². The zero-order chi connectivity index (χ0) is 9.73. The predicted octanol–water partition coefficient (Wildman–Crippen LogP) is 3.38. The standard InChI is InChI=1S/C12H17B/c1-3-12(2,13)10-9-11-7-5-4-6-8-11/h4-8H,3,9-10H2,1-2H3. The Kier molecular flexibility index (Phi) is 3.59. The maximum absolute atomic E-state index is 6.06. The van der Waals surface area contributed by atoms with E-state index in [-0.39, 0.29) is 5.31 Å². The Labute approximate surface area is 82.8 Å². The van der Waals surface area contributed by atoms with Gasteiger partial charge in [0.15, 0.2) is 0 Å². The van der Waals surface area contributed by atoms with E-state index in [1.165, 1.54) is 5.56 Å². The Morgan fingerprint density at radius 2 is 1.85 bits per heavy atom. The molecule has 0 N–H and O–H groups in total. The van der Waals surface area contributed by atoms with Crippen molar-refractivity contribution < 1.29 is 0 Å². The Morgan fingerprint density at radius 1 is 1.23 bits per heavy atom. The van der Waals surface area contributed by atoms with Crippen LogP contribution in [0.3, 0.4) is 0 Å². The van der Waals surface area contributed by atoms with Gasteiger partial charge in [-0.05, 0) is 12.0 Å². The predicted molar refractivity (Wildman–Crippen MR) is 59.2 cm³/mol. The van der Waals surface area contributed by atoms with E-state index in [1.54, 1.807) is 0 Å². The maximum Gasteiger partial charge on any atom is 0.0742 e. The summed E-state index contributed by atoms with van der Waals surface area (Å²) < 4.78 is 0. The van der Waals surface area contributed by atoms with E-state index in [0.29, 0.717) is 0 Å². The van der Waals surface area contributed by atoms with E-state index >= 15 is 0 Å². The van der Waals surface area contributed by atoms with Gasteiger partial charge in [-0.25, -0.2) is 0 Å². The number of hydrogen-bond donors (Lipinski definition) is 0. The highest BCUT2D eigenvalue weighted by molar-refractivity contribution is 6.14. The van der Waals surface area contributed by atoms with E-state index in [2.05, 4.69) is 38.1 Å². The van der Waals surface area contributed by atoms with Crippen LogP contribution in [0.1, 0.15) is 32.3 Å². The lowest BCUT2D eigenvalue weighted by Gasteiger charge is -2.22. The molecule has 1 aromatic rings. The first-order valence-corrected chi connectivity index (χ1v) is 4.97. The third kappa shape index (κ3) is 3.67. The van der Waals surface area contributed by atoms with Crippen molar-refractivity contribution in [1.82, 2.24) is 0 Å². The highest BCUT2D eigenvalue weighted by atomic mass is 14.1. The molecule has 68 valence electrons. The van der Waals surface area contributed by atoms with Gasteiger partial charge in [0, 0.05) is 0 Å². The molecule has 0 fully saturated rings. The largest absolute Gasteiger partial charge is 0.0742 e. The molecule has 13 heavy (non-hydrogen) atoms. The van der Waals surface area contributed by atoms with Crippen LogP contribution in [-0.4, -0.2) is 7.85 Å². The fourth-order valence-electron chi connectivity index (χ4n) is 1.25. The minimum Gasteiger partial charge on any atom is -0.0688 e. The second kappa shape index (κ2) is 4.50. The van der Waals surface area contributed by atoms with Crippen LogP contribution in [0.2, 0.25) is 5.31 Å². The van der Waals surface area contributed by atoms with E-state index in [4.69, 9.17) is 7.85 Å². The van der Waals surface area contributed by atoms with E-state index in [1.807, 2.05) is 6.07 Å². The number of rotatable bonds is 4. The van der Waals surface area contributed by atoms with E-state index < -0.39 is 0 Å². The third-order valence-electron chi connectivity index (χ3n) is 2.64. The van der Waals surface area contributed by atoms with E-state index in [9.17, 15) is 0 Å². The Hall–Kier alpha value is -0.715. The molecule has 0 aliphatic rings. The molecule has 0 saturated heterocycles. The zero-order valence-electron chi connectivity index (χ0n) is 8.59. The molecule has 0 aliphatic heterocycles. The summed E-state index contributed by atoms with van der Waals surface area (Å²) >= 11 is 0. The summed E-state index contributed by atoms with van der Waals surface area (Å²) in [4.78, 5) is 0. The molecule has 0 aromatic heterocycles. The molecule has 0 bridgehead atoms. The quantitative estimate of drug-likeness (QED) is 0.610. The lowest BCUT2D eigenvalue weighted by molar-refractivity contribution is 0.542. The first-order chi connectivity index (χ1) is 6.14. The summed E-state index contributed by atoms with van der Waals surface area (Å²) in [6.45, 7) is 4.26. The number of hydrogen-bond acceptors (Lipinski definition) is 0. The van der Waals surface area contributed by atoms with E-state index in [0.717, 1.165) is 19.3 Å². The van der Waals surface area contributed by atoms with Crippen LogP contribution in [0.4, 0.5) is 0 Å². The van der Waals surface area contributed by atoms with Crippen molar-refractivity contribution in [2.75, 3.05) is 0 Å². The summed E-state index contributed by atoms with van der Waals surface area (Å²) in [7, 11) is 6.06. The second-order valence-corrected chi connectivity index (χ2v) is 3.99. The van der Waals surface area contributed by atoms with Gasteiger partial charge in [-0.2, -0.15) is 0 Å². The van der Waals surface area contributed by atoms with Crippen molar-refractivity contribution in [1.29, 1.82) is 0 Å². The topological polar surface area (TPSA) is 0 Å². The summed E-state index contributed by atoms with van der Waals surface area (Å²) in [5.74, 6) is 0. The lowest BCUT2D eigenvalue weighted by atomic mass is 9.65. The van der Waals surface area contributed by atoms with Crippen LogP contribution >= 0.6 is 0 Å². The summed E-state index contributed by atoms with van der Waals surface area (Å²) in [5.41, 5.74) is 1.38. The molecule has 1 heteroatoms. The van der Waals surface area contributed by atoms with Gasteiger partial charge in [-0.15, -0.1) is 0 Å². The molecule has 1 rings (SSSR count). The van der Waals surface area contributed by atoms with Gasteiger partial charge in [0.2, 0.25) is 0 Å².